The number of fused-ring (bicyclic) bond motifs is 1. The molecule has 5 nitrogen and oxygen atoms in total. The zero-order valence-corrected chi connectivity index (χ0v) is 12.8. The lowest BCUT2D eigenvalue weighted by Gasteiger charge is -2.30. The van der Waals surface area contributed by atoms with Crippen LogP contribution in [-0.4, -0.2) is 23.1 Å². The van der Waals surface area contributed by atoms with Crippen LogP contribution >= 0.6 is 10.5 Å². The molecule has 0 spiro atoms. The molecule has 1 aliphatic heterocycles. The molecule has 1 amide bonds. The molecule has 1 heterocycles. The van der Waals surface area contributed by atoms with Crippen molar-refractivity contribution in [3.05, 3.63) is 60.2 Å². The van der Waals surface area contributed by atoms with E-state index in [-0.39, 0.29) is 6.61 Å². The van der Waals surface area contributed by atoms with Crippen LogP contribution in [0.2, 0.25) is 0 Å². The summed E-state index contributed by atoms with van der Waals surface area (Å²) >= 11 is 0. The minimum atomic E-state index is -2.44. The maximum absolute atomic E-state index is 11.6. The van der Waals surface area contributed by atoms with E-state index in [0.29, 0.717) is 5.84 Å². The van der Waals surface area contributed by atoms with Gasteiger partial charge in [-0.05, 0) is 35.6 Å². The molecule has 0 saturated carbocycles. The Morgan fingerprint density at radius 1 is 1.18 bits per heavy atom. The molecule has 2 N–H and O–H groups in total. The summed E-state index contributed by atoms with van der Waals surface area (Å²) in [6.07, 6.45) is -0.670. The largest absolute Gasteiger partial charge is 0.448 e. The number of benzene rings is 2. The van der Waals surface area contributed by atoms with E-state index >= 15 is 0 Å². The number of ether oxygens (including phenoxy) is 1. The van der Waals surface area contributed by atoms with Gasteiger partial charge in [0, 0.05) is 15.4 Å². The Morgan fingerprint density at radius 3 is 2.59 bits per heavy atom. The summed E-state index contributed by atoms with van der Waals surface area (Å²) in [5, 5.41) is 0. The quantitative estimate of drug-likeness (QED) is 0.884. The smallest absolute Gasteiger partial charge is 0.435 e. The lowest BCUT2D eigenvalue weighted by molar-refractivity contribution is 0.163. The summed E-state index contributed by atoms with van der Waals surface area (Å²) in [5.74, 6) is 0.343. The third kappa shape index (κ3) is 2.47. The highest BCUT2D eigenvalue weighted by molar-refractivity contribution is 8.28. The number of amidine groups is 1. The van der Waals surface area contributed by atoms with E-state index in [1.165, 1.54) is 0 Å². The lowest BCUT2D eigenvalue weighted by Crippen LogP contribution is -2.21. The van der Waals surface area contributed by atoms with E-state index in [1.54, 1.807) is 6.92 Å². The van der Waals surface area contributed by atoms with Crippen LogP contribution in [-0.2, 0) is 4.74 Å². The summed E-state index contributed by atoms with van der Waals surface area (Å²) in [6.45, 7) is 1.98. The third-order valence-electron chi connectivity index (χ3n) is 3.26. The van der Waals surface area contributed by atoms with Gasteiger partial charge in [0.15, 0.2) is 5.84 Å². The van der Waals surface area contributed by atoms with Crippen molar-refractivity contribution in [1.29, 1.82) is 0 Å². The maximum atomic E-state index is 11.6. The maximum Gasteiger partial charge on any atom is 0.435 e. The topological polar surface area (TPSA) is 70.9 Å². The molecule has 0 radical (unpaired) electrons. The van der Waals surface area contributed by atoms with E-state index in [4.69, 9.17) is 4.74 Å². The predicted octanol–water partition coefficient (Wildman–Crippen LogP) is 3.80. The van der Waals surface area contributed by atoms with Gasteiger partial charge >= 0.3 is 6.09 Å². The molecule has 1 unspecified atom stereocenters. The minimum absolute atomic E-state index is 0.257. The molecular formula is C16H16N2O3S. The third-order valence-corrected chi connectivity index (χ3v) is 5.70. The SMILES string of the molecule is CCOC(=O)N=C1NS(O)(c2ccccc2)c2ccccc21. The van der Waals surface area contributed by atoms with E-state index < -0.39 is 16.6 Å². The predicted molar refractivity (Wildman–Crippen MR) is 86.3 cm³/mol. The molecule has 2 aromatic rings. The van der Waals surface area contributed by atoms with Crippen LogP contribution in [0.1, 0.15) is 12.5 Å². The number of nitrogens with zero attached hydrogens (tertiary/aromatic N) is 1. The van der Waals surface area contributed by atoms with E-state index in [1.807, 2.05) is 54.6 Å². The van der Waals surface area contributed by atoms with Crippen LogP contribution < -0.4 is 4.72 Å². The van der Waals surface area contributed by atoms with Gasteiger partial charge in [-0.15, -0.1) is 0 Å². The van der Waals surface area contributed by atoms with Gasteiger partial charge in [0.2, 0.25) is 0 Å². The normalized spacial score (nSPS) is 24.2. The van der Waals surface area contributed by atoms with Crippen LogP contribution in [0.5, 0.6) is 0 Å². The van der Waals surface area contributed by atoms with Gasteiger partial charge in [-0.2, -0.15) is 4.99 Å². The van der Waals surface area contributed by atoms with E-state index in [9.17, 15) is 9.35 Å². The Morgan fingerprint density at radius 2 is 1.86 bits per heavy atom. The van der Waals surface area contributed by atoms with Crippen molar-refractivity contribution < 1.29 is 14.1 Å². The highest BCUT2D eigenvalue weighted by Gasteiger charge is 2.37. The van der Waals surface area contributed by atoms with Crippen LogP contribution in [0, 0.1) is 0 Å². The first-order valence-corrected chi connectivity index (χ1v) is 8.47. The monoisotopic (exact) mass is 316 g/mol. The van der Waals surface area contributed by atoms with Crippen molar-refractivity contribution >= 4 is 22.4 Å². The van der Waals surface area contributed by atoms with Crippen LogP contribution in [0.15, 0.2) is 69.4 Å². The average Bonchev–Trinajstić information content (AvgIpc) is 2.83. The van der Waals surface area contributed by atoms with E-state index in [0.717, 1.165) is 15.4 Å². The highest BCUT2D eigenvalue weighted by atomic mass is 32.3. The van der Waals surface area contributed by atoms with Gasteiger partial charge in [0.1, 0.15) is 0 Å². The lowest BCUT2D eigenvalue weighted by atomic mass is 10.2. The van der Waals surface area contributed by atoms with Gasteiger partial charge in [0.25, 0.3) is 0 Å². The number of hydrogen-bond acceptors (Lipinski definition) is 3. The molecule has 0 aromatic heterocycles. The fraction of sp³-hybridized carbons (Fsp3) is 0.125. The van der Waals surface area contributed by atoms with Gasteiger partial charge in [-0.1, -0.05) is 36.4 Å². The Labute approximate surface area is 130 Å². The van der Waals surface area contributed by atoms with Crippen molar-refractivity contribution in [2.75, 3.05) is 6.61 Å². The van der Waals surface area contributed by atoms with Gasteiger partial charge in [0.05, 0.1) is 6.61 Å². The summed E-state index contributed by atoms with van der Waals surface area (Å²) in [4.78, 5) is 17.1. The van der Waals surface area contributed by atoms with Crippen LogP contribution in [0.4, 0.5) is 4.79 Å². The summed E-state index contributed by atoms with van der Waals surface area (Å²) < 4.78 is 19.0. The fourth-order valence-corrected chi connectivity index (χ4v) is 4.53. The number of carbonyl (C=O) groups excluding carboxylic acids is 1. The molecule has 0 fully saturated rings. The molecule has 6 heteroatoms. The van der Waals surface area contributed by atoms with Crippen molar-refractivity contribution in [2.45, 2.75) is 16.7 Å². The summed E-state index contributed by atoms with van der Waals surface area (Å²) in [7, 11) is -2.44. The number of hydrogen-bond donors (Lipinski definition) is 2. The van der Waals surface area contributed by atoms with Crippen molar-refractivity contribution in [3.8, 4) is 0 Å². The number of carbonyl (C=O) groups is 1. The number of amides is 1. The molecule has 0 aliphatic carbocycles. The zero-order valence-electron chi connectivity index (χ0n) is 12.0. The van der Waals surface area contributed by atoms with Crippen molar-refractivity contribution in [2.24, 2.45) is 4.99 Å². The van der Waals surface area contributed by atoms with Crippen LogP contribution in [0.25, 0.3) is 0 Å². The molecule has 22 heavy (non-hydrogen) atoms. The Hall–Kier alpha value is -2.31. The fourth-order valence-electron chi connectivity index (χ4n) is 2.30. The average molecular weight is 316 g/mol. The number of rotatable bonds is 2. The molecule has 0 saturated heterocycles. The minimum Gasteiger partial charge on any atom is -0.448 e. The molecular weight excluding hydrogens is 300 g/mol. The van der Waals surface area contributed by atoms with Gasteiger partial charge in [-0.25, -0.2) is 4.79 Å². The zero-order chi connectivity index (χ0) is 15.6. The number of aliphatic imine (C=N–C) groups is 1. The summed E-state index contributed by atoms with van der Waals surface area (Å²) in [6, 6.07) is 16.7. The first-order valence-electron chi connectivity index (χ1n) is 6.88. The molecule has 0 bridgehead atoms. The van der Waals surface area contributed by atoms with E-state index in [2.05, 4.69) is 9.71 Å². The first kappa shape index (κ1) is 14.6. The molecule has 2 aromatic carbocycles. The molecule has 3 rings (SSSR count). The second-order valence-corrected chi connectivity index (χ2v) is 6.93. The van der Waals surface area contributed by atoms with Crippen molar-refractivity contribution in [3.63, 3.8) is 0 Å². The first-order chi connectivity index (χ1) is 10.6. The standard InChI is InChI=1S/C16H16N2O3S/c1-2-21-16(19)17-15-13-10-6-7-11-14(13)22(20,18-15)12-8-4-3-5-9-12/h3-11,20H,2H2,1H3,(H,17,18,19). The second-order valence-electron chi connectivity index (χ2n) is 4.65. The Kier molecular flexibility index (Phi) is 3.87. The Bertz CT molecular complexity index is 733. The molecule has 1 atom stereocenters. The second kappa shape index (κ2) is 5.82. The number of nitrogens with one attached hydrogen (secondary N) is 1. The van der Waals surface area contributed by atoms with Gasteiger partial charge in [-0.3, -0.25) is 0 Å². The van der Waals surface area contributed by atoms with Gasteiger partial charge < -0.3 is 14.0 Å². The van der Waals surface area contributed by atoms with Crippen molar-refractivity contribution in [1.82, 2.24) is 4.72 Å². The summed E-state index contributed by atoms with van der Waals surface area (Å²) in [5.41, 5.74) is 0.719. The molecule has 114 valence electrons. The molecule has 1 aliphatic rings. The van der Waals surface area contributed by atoms with Crippen LogP contribution in [0.3, 0.4) is 0 Å². The Balaban J connectivity index is 2.08. The highest BCUT2D eigenvalue weighted by Crippen LogP contribution is 2.60.